The zero-order valence-electron chi connectivity index (χ0n) is 38.5. The number of unbranched alkanes of at least 4 members (excludes halogenated alkanes) is 6. The summed E-state index contributed by atoms with van der Waals surface area (Å²) in [5.41, 5.74) is -0.0383. The molecule has 0 saturated heterocycles. The highest BCUT2D eigenvalue weighted by atomic mass is 16.5. The topological polar surface area (TPSA) is 105 Å². The highest BCUT2D eigenvalue weighted by Crippen LogP contribution is 2.35. The summed E-state index contributed by atoms with van der Waals surface area (Å²) < 4.78 is 21.3. The van der Waals surface area contributed by atoms with Gasteiger partial charge in [-0.3, -0.25) is 9.59 Å². The van der Waals surface area contributed by atoms with E-state index in [1.807, 2.05) is 0 Å². The fraction of sp³-hybridized carbons (Fsp3) is 0.833. The van der Waals surface area contributed by atoms with E-state index >= 15 is 0 Å². The van der Waals surface area contributed by atoms with E-state index in [1.165, 1.54) is 32.1 Å². The minimum absolute atomic E-state index is 0.0450. The highest BCUT2D eigenvalue weighted by molar-refractivity contribution is 5.87. The van der Waals surface area contributed by atoms with Gasteiger partial charge in [-0.25, -0.2) is 9.59 Å². The molecule has 0 saturated carbocycles. The maximum absolute atomic E-state index is 13.2. The molecule has 0 N–H and O–H groups in total. The Labute approximate surface area is 345 Å². The van der Waals surface area contributed by atoms with Crippen LogP contribution in [0, 0.1) is 34.5 Å². The Hall–Kier alpha value is -2.64. The first-order valence-corrected chi connectivity index (χ1v) is 22.2. The van der Waals surface area contributed by atoms with Crippen LogP contribution in [0.2, 0.25) is 0 Å². The summed E-state index contributed by atoms with van der Waals surface area (Å²) in [6, 6.07) is 0. The first-order valence-electron chi connectivity index (χ1n) is 22.2. The Bertz CT molecular complexity index is 1080. The molecule has 0 radical (unpaired) electrons. The van der Waals surface area contributed by atoms with Crippen LogP contribution < -0.4 is 0 Å². The van der Waals surface area contributed by atoms with Gasteiger partial charge in [0.05, 0.1) is 37.3 Å². The molecule has 0 amide bonds. The molecule has 0 heterocycles. The second kappa shape index (κ2) is 32.3. The van der Waals surface area contributed by atoms with Gasteiger partial charge in [-0.15, -0.1) is 0 Å². The van der Waals surface area contributed by atoms with Gasteiger partial charge >= 0.3 is 23.9 Å². The lowest BCUT2D eigenvalue weighted by atomic mass is 9.78. The second-order valence-electron chi connectivity index (χ2n) is 18.5. The van der Waals surface area contributed by atoms with Crippen molar-refractivity contribution in [1.82, 2.24) is 0 Å². The van der Waals surface area contributed by atoms with Crippen molar-refractivity contribution in [2.45, 2.75) is 199 Å². The molecule has 8 heteroatoms. The van der Waals surface area contributed by atoms with E-state index in [9.17, 15) is 19.2 Å². The second-order valence-corrected chi connectivity index (χ2v) is 18.5. The van der Waals surface area contributed by atoms with E-state index in [0.29, 0.717) is 68.2 Å². The zero-order chi connectivity index (χ0) is 43.2. The van der Waals surface area contributed by atoms with Crippen LogP contribution >= 0.6 is 0 Å². The summed E-state index contributed by atoms with van der Waals surface area (Å²) in [6.45, 7) is 33.7. The lowest BCUT2D eigenvalue weighted by Gasteiger charge is -2.29. The van der Waals surface area contributed by atoms with Gasteiger partial charge in [0.25, 0.3) is 0 Å². The van der Waals surface area contributed by atoms with Gasteiger partial charge in [0.1, 0.15) is 0 Å². The van der Waals surface area contributed by atoms with Gasteiger partial charge in [0.15, 0.2) is 0 Å². The summed E-state index contributed by atoms with van der Waals surface area (Å²) >= 11 is 0. The summed E-state index contributed by atoms with van der Waals surface area (Å²) in [4.78, 5) is 48.1. The molecule has 0 aliphatic heterocycles. The molecular formula is C48H88O8. The van der Waals surface area contributed by atoms with Gasteiger partial charge in [-0.1, -0.05) is 120 Å². The van der Waals surface area contributed by atoms with Crippen LogP contribution in [0.1, 0.15) is 199 Å². The van der Waals surface area contributed by atoms with Crippen molar-refractivity contribution in [3.05, 3.63) is 24.3 Å². The normalized spacial score (nSPS) is 13.4. The Morgan fingerprint density at radius 1 is 0.411 bits per heavy atom. The third-order valence-electron chi connectivity index (χ3n) is 10.3. The lowest BCUT2D eigenvalue weighted by molar-refractivity contribution is -0.158. The fourth-order valence-electron chi connectivity index (χ4n) is 6.03. The van der Waals surface area contributed by atoms with Crippen molar-refractivity contribution in [3.8, 4) is 0 Å². The van der Waals surface area contributed by atoms with Crippen LogP contribution in [0.3, 0.4) is 0 Å². The molecule has 2 atom stereocenters. The maximum atomic E-state index is 13.2. The van der Waals surface area contributed by atoms with Gasteiger partial charge in [0, 0.05) is 11.1 Å². The van der Waals surface area contributed by atoms with E-state index in [0.717, 1.165) is 76.5 Å². The van der Waals surface area contributed by atoms with Crippen molar-refractivity contribution in [2.24, 2.45) is 34.5 Å². The minimum atomic E-state index is -0.404. The minimum Gasteiger partial charge on any atom is -0.465 e. The van der Waals surface area contributed by atoms with Crippen LogP contribution in [-0.2, 0) is 38.1 Å². The van der Waals surface area contributed by atoms with E-state index in [1.54, 1.807) is 13.8 Å². The lowest BCUT2D eigenvalue weighted by Crippen LogP contribution is -2.31. The third kappa shape index (κ3) is 30.5. The number of rotatable bonds is 32. The zero-order valence-corrected chi connectivity index (χ0v) is 38.5. The smallest absolute Gasteiger partial charge is 0.333 e. The van der Waals surface area contributed by atoms with Crippen molar-refractivity contribution in [2.75, 3.05) is 26.4 Å². The molecule has 0 aliphatic carbocycles. The van der Waals surface area contributed by atoms with Gasteiger partial charge in [-0.2, -0.15) is 0 Å². The molecule has 0 aromatic heterocycles. The van der Waals surface area contributed by atoms with Crippen LogP contribution in [0.5, 0.6) is 0 Å². The molecule has 0 aromatic rings. The predicted octanol–water partition coefficient (Wildman–Crippen LogP) is 13.0. The van der Waals surface area contributed by atoms with Gasteiger partial charge in [-0.05, 0) is 116 Å². The first-order chi connectivity index (χ1) is 26.2. The quantitative estimate of drug-likeness (QED) is 0.0287. The Morgan fingerprint density at radius 2 is 0.714 bits per heavy atom. The molecule has 0 spiro atoms. The van der Waals surface area contributed by atoms with E-state index < -0.39 is 10.8 Å². The SMILES string of the molecule is C=C(C)C(=O)OCCCCOC(=O)C(=C)C.CC(C)CCCCCCCC(C)(CCC(C)C)C(=O)OCCCCOC(=O)C(C)(CCCC(C)C)CCC(C)C. The average molecular weight is 793 g/mol. The first kappa shape index (κ1) is 55.5. The van der Waals surface area contributed by atoms with Crippen LogP contribution in [0.15, 0.2) is 24.3 Å². The third-order valence-corrected chi connectivity index (χ3v) is 10.3. The van der Waals surface area contributed by atoms with Crippen molar-refractivity contribution >= 4 is 23.9 Å². The molecule has 56 heavy (non-hydrogen) atoms. The number of carbonyl (C=O) groups excluding carboxylic acids is 4. The standard InChI is InChI=1S/C36H70O4.C12H18O4/c1-29(2)19-14-12-11-13-15-23-35(9,25-21-31(5)6)33(37)39-27-16-17-28-40-34(38)36(10,26-22-32(7)8)24-18-20-30(3)4;1-9(2)11(13)15-7-5-6-8-16-12(14)10(3)4/h29-32H,11-28H2,1-10H3;1,3,5-8H2,2,4H3. The Balaban J connectivity index is 0. The van der Waals surface area contributed by atoms with Crippen molar-refractivity contribution in [3.63, 3.8) is 0 Å². The van der Waals surface area contributed by atoms with Crippen LogP contribution in [-0.4, -0.2) is 50.3 Å². The van der Waals surface area contributed by atoms with Crippen molar-refractivity contribution in [1.29, 1.82) is 0 Å². The summed E-state index contributed by atoms with van der Waals surface area (Å²) in [5.74, 6) is 1.71. The number of ether oxygens (including phenoxy) is 4. The molecule has 0 fully saturated rings. The number of hydrogen-bond donors (Lipinski definition) is 0. The maximum Gasteiger partial charge on any atom is 0.333 e. The molecule has 8 nitrogen and oxygen atoms in total. The summed E-state index contributed by atoms with van der Waals surface area (Å²) in [7, 11) is 0. The van der Waals surface area contributed by atoms with Gasteiger partial charge in [0.2, 0.25) is 0 Å². The predicted molar refractivity (Wildman–Crippen MR) is 232 cm³/mol. The van der Waals surface area contributed by atoms with Crippen LogP contribution in [0.25, 0.3) is 0 Å². The van der Waals surface area contributed by atoms with E-state index in [-0.39, 0.29) is 23.9 Å². The Kier molecular flexibility index (Phi) is 32.0. The summed E-state index contributed by atoms with van der Waals surface area (Å²) in [6.07, 6.45) is 18.1. The van der Waals surface area contributed by atoms with Crippen molar-refractivity contribution < 1.29 is 38.1 Å². The van der Waals surface area contributed by atoms with Gasteiger partial charge < -0.3 is 18.9 Å². The fourth-order valence-corrected chi connectivity index (χ4v) is 6.03. The number of carbonyl (C=O) groups is 4. The van der Waals surface area contributed by atoms with E-state index in [4.69, 9.17) is 18.9 Å². The number of hydrogen-bond acceptors (Lipinski definition) is 8. The van der Waals surface area contributed by atoms with E-state index in [2.05, 4.69) is 82.4 Å². The molecule has 0 aliphatic rings. The molecule has 0 rings (SSSR count). The largest absolute Gasteiger partial charge is 0.465 e. The molecule has 0 bridgehead atoms. The highest BCUT2D eigenvalue weighted by Gasteiger charge is 2.35. The monoisotopic (exact) mass is 793 g/mol. The molecule has 2 unspecified atom stereocenters. The molecule has 0 aromatic carbocycles. The molecular weight excluding hydrogens is 705 g/mol. The summed E-state index contributed by atoms with van der Waals surface area (Å²) in [5, 5.41) is 0. The Morgan fingerprint density at radius 3 is 1.07 bits per heavy atom. The molecule has 328 valence electrons. The number of esters is 4. The average Bonchev–Trinajstić information content (AvgIpc) is 3.11. The van der Waals surface area contributed by atoms with Crippen LogP contribution in [0.4, 0.5) is 0 Å².